The molecule has 0 fully saturated rings. The van der Waals surface area contributed by atoms with Crippen molar-refractivity contribution in [2.75, 3.05) is 20.7 Å². The molecule has 1 N–H and O–H groups in total. The molecule has 0 aliphatic rings. The lowest BCUT2D eigenvalue weighted by Gasteiger charge is -2.19. The van der Waals surface area contributed by atoms with E-state index in [0.717, 1.165) is 28.6 Å². The summed E-state index contributed by atoms with van der Waals surface area (Å²) in [5.74, 6) is -1.60. The number of carbonyl (C=O) groups excluding carboxylic acids is 1. The van der Waals surface area contributed by atoms with Crippen molar-refractivity contribution in [3.63, 3.8) is 0 Å². The van der Waals surface area contributed by atoms with Crippen LogP contribution in [0, 0.1) is 11.6 Å². The Kier molecular flexibility index (Phi) is 6.50. The Morgan fingerprint density at radius 1 is 1.19 bits per heavy atom. The van der Waals surface area contributed by atoms with E-state index in [1.54, 1.807) is 13.0 Å². The van der Waals surface area contributed by atoms with Crippen LogP contribution in [0.1, 0.15) is 18.5 Å². The SMILES string of the molecule is COc1ccc([C@H](C)NC(=O)CN(C)S(=O)(=O)c2ccc(F)cc2)cc1F. The molecule has 0 aromatic heterocycles. The first kappa shape index (κ1) is 20.8. The summed E-state index contributed by atoms with van der Waals surface area (Å²) in [6, 6.07) is 8.05. The summed E-state index contributed by atoms with van der Waals surface area (Å²) in [5.41, 5.74) is 0.505. The number of carbonyl (C=O) groups is 1. The molecule has 0 aliphatic heterocycles. The van der Waals surface area contributed by atoms with Gasteiger partial charge in [-0.1, -0.05) is 6.07 Å². The molecule has 6 nitrogen and oxygen atoms in total. The zero-order valence-corrected chi connectivity index (χ0v) is 15.9. The highest BCUT2D eigenvalue weighted by Gasteiger charge is 2.23. The highest BCUT2D eigenvalue weighted by molar-refractivity contribution is 7.89. The molecule has 9 heteroatoms. The molecule has 146 valence electrons. The second-order valence-electron chi connectivity index (χ2n) is 5.90. The van der Waals surface area contributed by atoms with Gasteiger partial charge in [0, 0.05) is 7.05 Å². The van der Waals surface area contributed by atoms with Gasteiger partial charge in [0.15, 0.2) is 11.6 Å². The number of hydrogen-bond acceptors (Lipinski definition) is 4. The topological polar surface area (TPSA) is 75.7 Å². The van der Waals surface area contributed by atoms with Gasteiger partial charge in [-0.3, -0.25) is 4.79 Å². The molecule has 0 saturated carbocycles. The zero-order valence-electron chi connectivity index (χ0n) is 15.1. The second kappa shape index (κ2) is 8.45. The first-order chi connectivity index (χ1) is 12.6. The molecule has 0 spiro atoms. The smallest absolute Gasteiger partial charge is 0.243 e. The summed E-state index contributed by atoms with van der Waals surface area (Å²) in [6.07, 6.45) is 0. The fourth-order valence-corrected chi connectivity index (χ4v) is 3.52. The van der Waals surface area contributed by atoms with Gasteiger partial charge in [-0.25, -0.2) is 17.2 Å². The number of halogens is 2. The van der Waals surface area contributed by atoms with Crippen molar-refractivity contribution in [2.45, 2.75) is 17.9 Å². The Morgan fingerprint density at radius 3 is 2.37 bits per heavy atom. The van der Waals surface area contributed by atoms with E-state index in [0.29, 0.717) is 5.56 Å². The van der Waals surface area contributed by atoms with Crippen LogP contribution in [-0.2, 0) is 14.8 Å². The molecule has 1 atom stereocenters. The standard InChI is InChI=1S/C18H20F2N2O4S/c1-12(13-4-9-17(26-3)16(20)10-13)21-18(23)11-22(2)27(24,25)15-7-5-14(19)6-8-15/h4-10,12H,11H2,1-3H3,(H,21,23)/t12-/m0/s1. The highest BCUT2D eigenvalue weighted by atomic mass is 32.2. The number of hydrogen-bond donors (Lipinski definition) is 1. The largest absolute Gasteiger partial charge is 0.494 e. The van der Waals surface area contributed by atoms with Crippen molar-refractivity contribution in [3.05, 3.63) is 59.7 Å². The Bertz CT molecular complexity index is 917. The third-order valence-corrected chi connectivity index (χ3v) is 5.76. The van der Waals surface area contributed by atoms with E-state index in [1.165, 1.54) is 26.3 Å². The van der Waals surface area contributed by atoms with Crippen molar-refractivity contribution in [2.24, 2.45) is 0 Å². The Labute approximate surface area is 156 Å². The van der Waals surface area contributed by atoms with Crippen LogP contribution in [0.5, 0.6) is 5.75 Å². The van der Waals surface area contributed by atoms with E-state index in [-0.39, 0.29) is 10.6 Å². The number of nitrogens with one attached hydrogen (secondary N) is 1. The predicted octanol–water partition coefficient (Wildman–Crippen LogP) is 2.47. The van der Waals surface area contributed by atoms with Crippen LogP contribution in [-0.4, -0.2) is 39.3 Å². The summed E-state index contributed by atoms with van der Waals surface area (Å²) in [7, 11) is -1.34. The molecule has 2 aromatic carbocycles. The summed E-state index contributed by atoms with van der Waals surface area (Å²) in [6.45, 7) is 1.20. The maximum atomic E-state index is 13.8. The minimum atomic E-state index is -3.94. The van der Waals surface area contributed by atoms with Crippen molar-refractivity contribution in [1.29, 1.82) is 0 Å². The van der Waals surface area contributed by atoms with Crippen LogP contribution in [0.15, 0.2) is 47.4 Å². The van der Waals surface area contributed by atoms with Crippen LogP contribution in [0.25, 0.3) is 0 Å². The van der Waals surface area contributed by atoms with Gasteiger partial charge in [0.05, 0.1) is 24.6 Å². The number of ether oxygens (including phenoxy) is 1. The monoisotopic (exact) mass is 398 g/mol. The Hall–Kier alpha value is -2.52. The maximum Gasteiger partial charge on any atom is 0.243 e. The quantitative estimate of drug-likeness (QED) is 0.778. The molecule has 2 rings (SSSR count). The first-order valence-electron chi connectivity index (χ1n) is 8.00. The summed E-state index contributed by atoms with van der Waals surface area (Å²) < 4.78 is 57.3. The number of likely N-dealkylation sites (N-methyl/N-ethyl adjacent to an activating group) is 1. The van der Waals surface area contributed by atoms with E-state index in [4.69, 9.17) is 4.74 Å². The normalized spacial score (nSPS) is 12.7. The van der Waals surface area contributed by atoms with Crippen LogP contribution in [0.3, 0.4) is 0 Å². The van der Waals surface area contributed by atoms with Gasteiger partial charge in [-0.15, -0.1) is 0 Å². The van der Waals surface area contributed by atoms with E-state index >= 15 is 0 Å². The van der Waals surface area contributed by atoms with Crippen molar-refractivity contribution in [3.8, 4) is 5.75 Å². The fraction of sp³-hybridized carbons (Fsp3) is 0.278. The first-order valence-corrected chi connectivity index (χ1v) is 9.44. The summed E-state index contributed by atoms with van der Waals surface area (Å²) >= 11 is 0. The summed E-state index contributed by atoms with van der Waals surface area (Å²) in [4.78, 5) is 12.1. The number of rotatable bonds is 7. The fourth-order valence-electron chi connectivity index (χ4n) is 2.40. The van der Waals surface area contributed by atoms with Crippen LogP contribution in [0.4, 0.5) is 8.78 Å². The highest BCUT2D eigenvalue weighted by Crippen LogP contribution is 2.22. The number of benzene rings is 2. The molecule has 0 radical (unpaired) electrons. The van der Waals surface area contributed by atoms with E-state index in [2.05, 4.69) is 5.32 Å². The predicted molar refractivity (Wildman–Crippen MR) is 95.7 cm³/mol. The van der Waals surface area contributed by atoms with Gasteiger partial charge in [0.25, 0.3) is 0 Å². The molecular formula is C18H20F2N2O4S. The zero-order chi connectivity index (χ0) is 20.2. The van der Waals surface area contributed by atoms with Gasteiger partial charge in [0.2, 0.25) is 15.9 Å². The lowest BCUT2D eigenvalue weighted by Crippen LogP contribution is -2.39. The van der Waals surface area contributed by atoms with Crippen LogP contribution >= 0.6 is 0 Å². The molecule has 0 saturated heterocycles. The number of nitrogens with zero attached hydrogens (tertiary/aromatic N) is 1. The average molecular weight is 398 g/mol. The molecule has 1 amide bonds. The van der Waals surface area contributed by atoms with E-state index in [1.807, 2.05) is 0 Å². The summed E-state index contributed by atoms with van der Waals surface area (Å²) in [5, 5.41) is 2.61. The van der Waals surface area contributed by atoms with E-state index < -0.39 is 40.2 Å². The van der Waals surface area contributed by atoms with Gasteiger partial charge in [-0.2, -0.15) is 4.31 Å². The minimum Gasteiger partial charge on any atom is -0.494 e. The molecular weight excluding hydrogens is 378 g/mol. The number of sulfonamides is 1. The van der Waals surface area contributed by atoms with Gasteiger partial charge in [-0.05, 0) is 48.9 Å². The van der Waals surface area contributed by atoms with Crippen molar-refractivity contribution < 1.29 is 26.7 Å². The van der Waals surface area contributed by atoms with Gasteiger partial charge >= 0.3 is 0 Å². The van der Waals surface area contributed by atoms with E-state index in [9.17, 15) is 22.0 Å². The number of methoxy groups -OCH3 is 1. The lowest BCUT2D eigenvalue weighted by molar-refractivity contribution is -0.121. The third-order valence-electron chi connectivity index (χ3n) is 3.94. The van der Waals surface area contributed by atoms with Crippen LogP contribution in [0.2, 0.25) is 0 Å². The molecule has 0 unspecified atom stereocenters. The second-order valence-corrected chi connectivity index (χ2v) is 7.94. The van der Waals surface area contributed by atoms with Crippen molar-refractivity contribution in [1.82, 2.24) is 9.62 Å². The maximum absolute atomic E-state index is 13.8. The number of amides is 1. The molecule has 2 aromatic rings. The molecule has 0 aliphatic carbocycles. The molecule has 0 heterocycles. The van der Waals surface area contributed by atoms with Gasteiger partial charge in [0.1, 0.15) is 5.82 Å². The lowest BCUT2D eigenvalue weighted by atomic mass is 10.1. The molecule has 27 heavy (non-hydrogen) atoms. The van der Waals surface area contributed by atoms with Crippen LogP contribution < -0.4 is 10.1 Å². The van der Waals surface area contributed by atoms with Gasteiger partial charge < -0.3 is 10.1 Å². The van der Waals surface area contributed by atoms with Crippen molar-refractivity contribution >= 4 is 15.9 Å². The third kappa shape index (κ3) is 5.01. The molecule has 0 bridgehead atoms. The Balaban J connectivity index is 2.03. The minimum absolute atomic E-state index is 0.0856. The average Bonchev–Trinajstić information content (AvgIpc) is 2.61. The Morgan fingerprint density at radius 2 is 1.81 bits per heavy atom.